The van der Waals surface area contributed by atoms with Crippen molar-refractivity contribution in [2.75, 3.05) is 26.1 Å². The lowest BCUT2D eigenvalue weighted by Crippen LogP contribution is -2.14. The number of carbonyl (C=O) groups excluding carboxylic acids is 2. The monoisotopic (exact) mass is 546 g/mol. The molecule has 0 radical (unpaired) electrons. The van der Waals surface area contributed by atoms with Gasteiger partial charge < -0.3 is 28.8 Å². The minimum absolute atomic E-state index is 0.153. The molecule has 5 aromatic rings. The number of nitrogens with zero attached hydrogens (tertiary/aromatic N) is 3. The van der Waals surface area contributed by atoms with E-state index in [1.807, 2.05) is 41.0 Å². The normalized spacial score (nSPS) is 11.0. The topological polar surface area (TPSA) is 114 Å². The molecule has 0 aliphatic rings. The van der Waals surface area contributed by atoms with Gasteiger partial charge in [0.25, 0.3) is 0 Å². The van der Waals surface area contributed by atoms with Crippen LogP contribution in [0.1, 0.15) is 19.4 Å². The number of hydrogen-bond acceptors (Lipinski definition) is 9. The van der Waals surface area contributed by atoms with Gasteiger partial charge in [-0.05, 0) is 55.0 Å². The molecule has 1 N–H and O–H groups in total. The van der Waals surface area contributed by atoms with Crippen molar-refractivity contribution >= 4 is 51.4 Å². The number of carbonyl (C=O) groups is 2. The number of amides is 1. The van der Waals surface area contributed by atoms with Gasteiger partial charge in [0.05, 0.1) is 50.2 Å². The summed E-state index contributed by atoms with van der Waals surface area (Å²) >= 11 is 1.15. The molecule has 3 aromatic carbocycles. The zero-order chi connectivity index (χ0) is 27.5. The molecule has 0 aliphatic carbocycles. The van der Waals surface area contributed by atoms with E-state index in [-0.39, 0.29) is 18.4 Å². The number of benzene rings is 3. The second kappa shape index (κ2) is 11.0. The first-order valence-corrected chi connectivity index (χ1v) is 12.9. The molecule has 200 valence electrons. The van der Waals surface area contributed by atoms with Gasteiger partial charge in [-0.25, -0.2) is 4.79 Å². The van der Waals surface area contributed by atoms with Gasteiger partial charge in [-0.3, -0.25) is 4.79 Å². The molecule has 0 aliphatic heterocycles. The van der Waals surface area contributed by atoms with Crippen molar-refractivity contribution in [3.63, 3.8) is 0 Å². The molecule has 1 amide bonds. The molecular weight excluding hydrogens is 520 g/mol. The number of fused-ring (bicyclic) bond motifs is 2. The summed E-state index contributed by atoms with van der Waals surface area (Å²) in [7, 11) is 3.13. The first-order chi connectivity index (χ1) is 18.9. The Hall–Kier alpha value is -4.64. The van der Waals surface area contributed by atoms with E-state index in [1.165, 1.54) is 6.92 Å². The fourth-order valence-electron chi connectivity index (χ4n) is 4.48. The molecule has 0 saturated carbocycles. The van der Waals surface area contributed by atoms with E-state index in [0.717, 1.165) is 39.2 Å². The van der Waals surface area contributed by atoms with Crippen molar-refractivity contribution in [3.05, 3.63) is 60.2 Å². The molecule has 2 heterocycles. The van der Waals surface area contributed by atoms with Crippen molar-refractivity contribution in [3.8, 4) is 28.5 Å². The summed E-state index contributed by atoms with van der Waals surface area (Å²) in [4.78, 5) is 24.5. The van der Waals surface area contributed by atoms with Crippen LogP contribution in [0.2, 0.25) is 0 Å². The molecule has 0 spiro atoms. The van der Waals surface area contributed by atoms with Crippen LogP contribution in [0.25, 0.3) is 33.1 Å². The van der Waals surface area contributed by atoms with E-state index in [2.05, 4.69) is 14.1 Å². The first-order valence-electron chi connectivity index (χ1n) is 12.1. The predicted octanol–water partition coefficient (Wildman–Crippen LogP) is 5.87. The molecule has 0 unspecified atom stereocenters. The van der Waals surface area contributed by atoms with Gasteiger partial charge in [-0.2, -0.15) is 8.75 Å². The average molecular weight is 547 g/mol. The van der Waals surface area contributed by atoms with Crippen LogP contribution >= 0.6 is 11.7 Å². The summed E-state index contributed by atoms with van der Waals surface area (Å²) in [5, 5.41) is 3.57. The summed E-state index contributed by atoms with van der Waals surface area (Å²) < 4.78 is 32.7. The van der Waals surface area contributed by atoms with Gasteiger partial charge in [0, 0.05) is 29.6 Å². The molecule has 0 saturated heterocycles. The zero-order valence-electron chi connectivity index (χ0n) is 21.8. The van der Waals surface area contributed by atoms with Crippen LogP contribution in [0.15, 0.2) is 54.6 Å². The largest absolute Gasteiger partial charge is 0.515 e. The molecule has 2 aromatic heterocycles. The van der Waals surface area contributed by atoms with Crippen molar-refractivity contribution in [1.82, 2.24) is 13.3 Å². The maximum Gasteiger partial charge on any atom is 0.515 e. The summed E-state index contributed by atoms with van der Waals surface area (Å²) in [5.74, 6) is 1.19. The first kappa shape index (κ1) is 26.0. The smallest absolute Gasteiger partial charge is 0.497 e. The van der Waals surface area contributed by atoms with E-state index >= 15 is 0 Å². The van der Waals surface area contributed by atoms with E-state index in [4.69, 9.17) is 18.9 Å². The lowest BCUT2D eigenvalue weighted by Gasteiger charge is -2.14. The molecule has 10 nitrogen and oxygen atoms in total. The molecule has 0 fully saturated rings. The number of rotatable bonds is 8. The van der Waals surface area contributed by atoms with Gasteiger partial charge in [0.1, 0.15) is 22.5 Å². The van der Waals surface area contributed by atoms with Crippen LogP contribution in [0.3, 0.4) is 0 Å². The Morgan fingerprint density at radius 2 is 1.79 bits per heavy atom. The SMILES string of the molecule is CCOC(=O)Oc1c(-c2ccc(OC)cc2OC)c2cc(NC(C)=O)ccc2n1Cc1ccc2nsnc2c1. The third kappa shape index (κ3) is 5.21. The lowest BCUT2D eigenvalue weighted by molar-refractivity contribution is -0.114. The highest BCUT2D eigenvalue weighted by Gasteiger charge is 2.26. The summed E-state index contributed by atoms with van der Waals surface area (Å²) in [6, 6.07) is 16.8. The van der Waals surface area contributed by atoms with Crippen LogP contribution in [0.4, 0.5) is 10.5 Å². The van der Waals surface area contributed by atoms with E-state index in [1.54, 1.807) is 39.3 Å². The van der Waals surface area contributed by atoms with Crippen molar-refractivity contribution in [2.24, 2.45) is 0 Å². The molecule has 39 heavy (non-hydrogen) atoms. The predicted molar refractivity (Wildman–Crippen MR) is 149 cm³/mol. The van der Waals surface area contributed by atoms with Crippen LogP contribution in [-0.2, 0) is 16.1 Å². The number of ether oxygens (including phenoxy) is 4. The Kier molecular flexibility index (Phi) is 7.33. The second-order valence-corrected chi connectivity index (χ2v) is 9.15. The molecule has 5 rings (SSSR count). The van der Waals surface area contributed by atoms with Crippen molar-refractivity contribution < 1.29 is 28.5 Å². The van der Waals surface area contributed by atoms with Gasteiger partial charge >= 0.3 is 6.16 Å². The average Bonchev–Trinajstić information content (AvgIpc) is 3.50. The molecule has 0 atom stereocenters. The number of hydrogen-bond donors (Lipinski definition) is 1. The van der Waals surface area contributed by atoms with Crippen LogP contribution in [0.5, 0.6) is 17.4 Å². The quantitative estimate of drug-likeness (QED) is 0.240. The second-order valence-electron chi connectivity index (χ2n) is 8.62. The fraction of sp³-hybridized carbons (Fsp3) is 0.214. The number of methoxy groups -OCH3 is 2. The maximum absolute atomic E-state index is 12.7. The number of aromatic nitrogens is 3. The highest BCUT2D eigenvalue weighted by molar-refractivity contribution is 7.00. The van der Waals surface area contributed by atoms with Crippen LogP contribution < -0.4 is 19.5 Å². The Bertz CT molecular complexity index is 1690. The lowest BCUT2D eigenvalue weighted by atomic mass is 10.0. The Balaban J connectivity index is 1.78. The summed E-state index contributed by atoms with van der Waals surface area (Å²) in [5.41, 5.74) is 5.16. The third-order valence-corrected chi connectivity index (χ3v) is 6.67. The van der Waals surface area contributed by atoms with E-state index < -0.39 is 6.16 Å². The zero-order valence-corrected chi connectivity index (χ0v) is 22.6. The Morgan fingerprint density at radius 1 is 0.974 bits per heavy atom. The molecular formula is C28H26N4O6S. The highest BCUT2D eigenvalue weighted by Crippen LogP contribution is 2.46. The Labute approximate surface area is 228 Å². The molecule has 11 heteroatoms. The molecule has 0 bridgehead atoms. The number of anilines is 1. The van der Waals surface area contributed by atoms with Crippen molar-refractivity contribution in [1.29, 1.82) is 0 Å². The van der Waals surface area contributed by atoms with Gasteiger partial charge in [-0.15, -0.1) is 0 Å². The Morgan fingerprint density at radius 3 is 2.54 bits per heavy atom. The fourth-order valence-corrected chi connectivity index (χ4v) is 4.99. The summed E-state index contributed by atoms with van der Waals surface area (Å²) in [6.45, 7) is 3.67. The van der Waals surface area contributed by atoms with Crippen LogP contribution in [-0.4, -0.2) is 46.2 Å². The van der Waals surface area contributed by atoms with Gasteiger partial charge in [0.15, 0.2) is 0 Å². The van der Waals surface area contributed by atoms with Crippen LogP contribution in [0, 0.1) is 0 Å². The van der Waals surface area contributed by atoms with E-state index in [9.17, 15) is 9.59 Å². The highest BCUT2D eigenvalue weighted by atomic mass is 32.1. The minimum Gasteiger partial charge on any atom is -0.497 e. The van der Waals surface area contributed by atoms with Crippen molar-refractivity contribution in [2.45, 2.75) is 20.4 Å². The third-order valence-electron chi connectivity index (χ3n) is 6.12. The number of nitrogens with one attached hydrogen (secondary N) is 1. The summed E-state index contributed by atoms with van der Waals surface area (Å²) in [6.07, 6.45) is -0.837. The minimum atomic E-state index is -0.837. The van der Waals surface area contributed by atoms with Gasteiger partial charge in [-0.1, -0.05) is 6.07 Å². The van der Waals surface area contributed by atoms with Gasteiger partial charge in [0.2, 0.25) is 11.8 Å². The van der Waals surface area contributed by atoms with E-state index in [0.29, 0.717) is 34.9 Å². The maximum atomic E-state index is 12.7. The standard InChI is InChI=1S/C28H26N4O6S/c1-5-37-28(34)38-27-26(20-9-8-19(35-3)14-25(20)36-4)21-13-18(29-16(2)33)7-11-24(21)32(27)15-17-6-10-22-23(12-17)31-39-30-22/h6-14H,5,15H2,1-4H3,(H,29,33).